The van der Waals surface area contributed by atoms with Gasteiger partial charge in [0.2, 0.25) is 0 Å². The molecule has 1 fully saturated rings. The molecule has 9 heteroatoms. The van der Waals surface area contributed by atoms with E-state index in [-0.39, 0.29) is 37.4 Å². The lowest BCUT2D eigenvalue weighted by atomic mass is 10.1. The molecule has 6 nitrogen and oxygen atoms in total. The van der Waals surface area contributed by atoms with Crippen LogP contribution >= 0.6 is 0 Å². The lowest BCUT2D eigenvalue weighted by molar-refractivity contribution is -0.0222. The first-order valence-electron chi connectivity index (χ1n) is 7.33. The number of hydrogen-bond donors (Lipinski definition) is 1. The second kappa shape index (κ2) is 5.81. The Morgan fingerprint density at radius 2 is 1.96 bits per heavy atom. The Hall–Kier alpha value is -2.58. The summed E-state index contributed by atoms with van der Waals surface area (Å²) in [5.74, 6) is -4.52. The predicted octanol–water partition coefficient (Wildman–Crippen LogP) is 2.55. The number of alkyl halides is 2. The highest BCUT2D eigenvalue weighted by Gasteiger charge is 2.35. The third-order valence-corrected chi connectivity index (χ3v) is 4.01. The molecule has 1 aliphatic rings. The molecule has 0 saturated carbocycles. The number of piperidine rings is 1. The molecular weight excluding hydrogens is 325 g/mol. The minimum Gasteiger partial charge on any atom is -0.476 e. The Bertz CT molecular complexity index is 781. The van der Waals surface area contributed by atoms with E-state index in [1.54, 1.807) is 7.05 Å². The second-order valence-corrected chi connectivity index (χ2v) is 5.72. The molecule has 1 N–H and O–H groups in total. The smallest absolute Gasteiger partial charge is 0.356 e. The van der Waals surface area contributed by atoms with Crippen LogP contribution in [0.15, 0.2) is 18.3 Å². The predicted molar refractivity (Wildman–Crippen MR) is 79.8 cm³/mol. The molecule has 0 aliphatic carbocycles. The minimum atomic E-state index is -2.71. The van der Waals surface area contributed by atoms with Crippen molar-refractivity contribution < 1.29 is 23.1 Å². The number of rotatable bonds is 3. The van der Waals surface area contributed by atoms with Gasteiger partial charge in [0.15, 0.2) is 17.3 Å². The molecule has 3 heterocycles. The van der Waals surface area contributed by atoms with Gasteiger partial charge in [-0.15, -0.1) is 0 Å². The van der Waals surface area contributed by atoms with Crippen molar-refractivity contribution in [1.29, 1.82) is 0 Å². The summed E-state index contributed by atoms with van der Waals surface area (Å²) in [5, 5.41) is 12.8. The van der Waals surface area contributed by atoms with Gasteiger partial charge in [-0.2, -0.15) is 5.10 Å². The second-order valence-electron chi connectivity index (χ2n) is 5.72. The largest absolute Gasteiger partial charge is 0.476 e. The van der Waals surface area contributed by atoms with Crippen LogP contribution in [0, 0.1) is 5.82 Å². The summed E-state index contributed by atoms with van der Waals surface area (Å²) < 4.78 is 42.1. The van der Waals surface area contributed by atoms with Gasteiger partial charge >= 0.3 is 5.97 Å². The number of aromatic carboxylic acids is 1. The molecule has 3 rings (SSSR count). The van der Waals surface area contributed by atoms with E-state index in [4.69, 9.17) is 5.11 Å². The van der Waals surface area contributed by atoms with Crippen LogP contribution in [-0.4, -0.2) is 44.9 Å². The van der Waals surface area contributed by atoms with E-state index < -0.39 is 17.7 Å². The number of aromatic nitrogens is 3. The van der Waals surface area contributed by atoms with Crippen LogP contribution in [0.25, 0.3) is 11.3 Å². The summed E-state index contributed by atoms with van der Waals surface area (Å²) >= 11 is 0. The fourth-order valence-corrected chi connectivity index (χ4v) is 2.69. The van der Waals surface area contributed by atoms with Crippen LogP contribution < -0.4 is 4.90 Å². The van der Waals surface area contributed by atoms with Crippen molar-refractivity contribution in [3.05, 3.63) is 29.8 Å². The summed E-state index contributed by atoms with van der Waals surface area (Å²) in [6.07, 6.45) is 0.715. The molecular formula is C15H15F3N4O2. The zero-order valence-electron chi connectivity index (χ0n) is 12.8. The van der Waals surface area contributed by atoms with E-state index in [2.05, 4.69) is 10.1 Å². The quantitative estimate of drug-likeness (QED) is 0.930. The molecule has 0 bridgehead atoms. The number of halogens is 3. The zero-order chi connectivity index (χ0) is 17.5. The van der Waals surface area contributed by atoms with Crippen LogP contribution in [0.5, 0.6) is 0 Å². The molecule has 0 unspecified atom stereocenters. The lowest BCUT2D eigenvalue weighted by Gasteiger charge is -2.32. The van der Waals surface area contributed by atoms with Crippen molar-refractivity contribution in [3.63, 3.8) is 0 Å². The SMILES string of the molecule is Cn1nc(C(=O)O)cc1-c1cnc(N2CCC(F)(F)CC2)c(F)c1. The van der Waals surface area contributed by atoms with E-state index in [9.17, 15) is 18.0 Å². The summed E-state index contributed by atoms with van der Waals surface area (Å²) in [6, 6.07) is 2.53. The number of aryl methyl sites for hydroxylation is 1. The van der Waals surface area contributed by atoms with Gasteiger partial charge in [0.05, 0.1) is 5.69 Å². The molecule has 2 aromatic heterocycles. The van der Waals surface area contributed by atoms with Gasteiger partial charge in [0.1, 0.15) is 0 Å². The highest BCUT2D eigenvalue weighted by atomic mass is 19.3. The Morgan fingerprint density at radius 1 is 1.29 bits per heavy atom. The maximum Gasteiger partial charge on any atom is 0.356 e. The van der Waals surface area contributed by atoms with Crippen molar-refractivity contribution in [2.45, 2.75) is 18.8 Å². The molecule has 0 radical (unpaired) electrons. The van der Waals surface area contributed by atoms with E-state index in [1.165, 1.54) is 27.9 Å². The van der Waals surface area contributed by atoms with Gasteiger partial charge in [-0.25, -0.2) is 22.9 Å². The molecule has 0 atom stereocenters. The first-order chi connectivity index (χ1) is 11.3. The van der Waals surface area contributed by atoms with Crippen molar-refractivity contribution in [2.24, 2.45) is 7.05 Å². The molecule has 0 amide bonds. The molecule has 128 valence electrons. The van der Waals surface area contributed by atoms with Crippen molar-refractivity contribution in [1.82, 2.24) is 14.8 Å². The van der Waals surface area contributed by atoms with Crippen molar-refractivity contribution in [3.8, 4) is 11.3 Å². The van der Waals surface area contributed by atoms with E-state index in [1.807, 2.05) is 0 Å². The molecule has 0 spiro atoms. The first kappa shape index (κ1) is 16.3. The van der Waals surface area contributed by atoms with Crippen LogP contribution in [0.3, 0.4) is 0 Å². The number of hydrogen-bond acceptors (Lipinski definition) is 4. The molecule has 24 heavy (non-hydrogen) atoms. The van der Waals surface area contributed by atoms with Crippen LogP contribution in [0.4, 0.5) is 19.0 Å². The molecule has 2 aromatic rings. The summed E-state index contributed by atoms with van der Waals surface area (Å²) in [5.41, 5.74) is 0.604. The van der Waals surface area contributed by atoms with Crippen molar-refractivity contribution in [2.75, 3.05) is 18.0 Å². The van der Waals surface area contributed by atoms with E-state index in [0.29, 0.717) is 11.3 Å². The van der Waals surface area contributed by atoms with Crippen LogP contribution in [-0.2, 0) is 7.05 Å². The number of carbonyl (C=O) groups is 1. The Labute approximate surface area is 135 Å². The highest BCUT2D eigenvalue weighted by molar-refractivity contribution is 5.87. The van der Waals surface area contributed by atoms with Gasteiger partial charge in [-0.1, -0.05) is 0 Å². The minimum absolute atomic E-state index is 0.0230. The van der Waals surface area contributed by atoms with E-state index in [0.717, 1.165) is 0 Å². The first-order valence-corrected chi connectivity index (χ1v) is 7.33. The maximum absolute atomic E-state index is 14.4. The van der Waals surface area contributed by atoms with Gasteiger partial charge in [0.25, 0.3) is 5.92 Å². The Morgan fingerprint density at radius 3 is 2.50 bits per heavy atom. The summed E-state index contributed by atoms with van der Waals surface area (Å²) in [7, 11) is 1.54. The third-order valence-electron chi connectivity index (χ3n) is 4.01. The normalized spacial score (nSPS) is 17.1. The van der Waals surface area contributed by atoms with Gasteiger partial charge in [-0.3, -0.25) is 4.68 Å². The topological polar surface area (TPSA) is 71.2 Å². The van der Waals surface area contributed by atoms with Gasteiger partial charge in [0, 0.05) is 44.7 Å². The Balaban J connectivity index is 1.87. The number of pyridine rings is 1. The fourth-order valence-electron chi connectivity index (χ4n) is 2.69. The Kier molecular flexibility index (Phi) is 3.94. The average Bonchev–Trinajstić information content (AvgIpc) is 2.90. The molecule has 0 aromatic carbocycles. The lowest BCUT2D eigenvalue weighted by Crippen LogP contribution is -2.40. The number of nitrogens with zero attached hydrogens (tertiary/aromatic N) is 4. The summed E-state index contributed by atoms with van der Waals surface area (Å²) in [4.78, 5) is 16.5. The summed E-state index contributed by atoms with van der Waals surface area (Å²) in [6.45, 7) is 0.0658. The van der Waals surface area contributed by atoms with E-state index >= 15 is 0 Å². The standard InChI is InChI=1S/C15H15F3N4O2/c1-21-12(7-11(20-21)14(23)24)9-6-10(16)13(19-8-9)22-4-2-15(17,18)3-5-22/h6-8H,2-5H2,1H3,(H,23,24). The fraction of sp³-hybridized carbons (Fsp3) is 0.400. The van der Waals surface area contributed by atoms with Crippen molar-refractivity contribution >= 4 is 11.8 Å². The average molecular weight is 340 g/mol. The van der Waals surface area contributed by atoms with Crippen LogP contribution in [0.1, 0.15) is 23.3 Å². The highest BCUT2D eigenvalue weighted by Crippen LogP contribution is 2.31. The van der Waals surface area contributed by atoms with Gasteiger partial charge in [-0.05, 0) is 12.1 Å². The maximum atomic E-state index is 14.4. The molecule has 1 aliphatic heterocycles. The number of carboxylic acids is 1. The zero-order valence-corrected chi connectivity index (χ0v) is 12.8. The van der Waals surface area contributed by atoms with Gasteiger partial charge < -0.3 is 10.0 Å². The molecule has 1 saturated heterocycles. The number of anilines is 1. The van der Waals surface area contributed by atoms with Crippen LogP contribution in [0.2, 0.25) is 0 Å². The number of carboxylic acid groups (broad SMARTS) is 1. The monoisotopic (exact) mass is 340 g/mol. The third kappa shape index (κ3) is 3.06.